The van der Waals surface area contributed by atoms with E-state index in [9.17, 15) is 23.2 Å². The summed E-state index contributed by atoms with van der Waals surface area (Å²) in [6.45, 7) is 2.68. The van der Waals surface area contributed by atoms with Gasteiger partial charge in [0.15, 0.2) is 17.7 Å². The molecule has 6 nitrogen and oxygen atoms in total. The Hall–Kier alpha value is -3.00. The molecule has 0 aliphatic heterocycles. The van der Waals surface area contributed by atoms with E-state index in [4.69, 9.17) is 16.3 Å². The summed E-state index contributed by atoms with van der Waals surface area (Å²) in [4.78, 5) is 35.1. The minimum Gasteiger partial charge on any atom is -0.449 e. The first-order valence-electron chi connectivity index (χ1n) is 7.71. The van der Waals surface area contributed by atoms with E-state index in [2.05, 4.69) is 10.6 Å². The van der Waals surface area contributed by atoms with Crippen molar-refractivity contribution in [1.82, 2.24) is 0 Å². The van der Waals surface area contributed by atoms with E-state index in [0.717, 1.165) is 0 Å². The molecular formula is C18H15ClF2N2O4. The molecule has 0 unspecified atom stereocenters. The summed E-state index contributed by atoms with van der Waals surface area (Å²) in [5.41, 5.74) is 0.561. The van der Waals surface area contributed by atoms with Gasteiger partial charge >= 0.3 is 5.97 Å². The Labute approximate surface area is 158 Å². The fourth-order valence-electron chi connectivity index (χ4n) is 2.04. The third-order valence-electron chi connectivity index (χ3n) is 3.36. The predicted octanol–water partition coefficient (Wildman–Crippen LogP) is 3.76. The minimum absolute atomic E-state index is 0.233. The van der Waals surface area contributed by atoms with Crippen LogP contribution in [-0.2, 0) is 14.3 Å². The summed E-state index contributed by atoms with van der Waals surface area (Å²) in [7, 11) is 0. The van der Waals surface area contributed by atoms with Crippen LogP contribution in [0.1, 0.15) is 24.2 Å². The molecule has 2 aromatic carbocycles. The zero-order valence-electron chi connectivity index (χ0n) is 14.3. The van der Waals surface area contributed by atoms with Crippen LogP contribution in [-0.4, -0.2) is 23.9 Å². The average molecular weight is 397 g/mol. The quantitative estimate of drug-likeness (QED) is 0.595. The van der Waals surface area contributed by atoms with E-state index < -0.39 is 35.2 Å². The van der Waals surface area contributed by atoms with Crippen LogP contribution in [0, 0.1) is 11.6 Å². The second-order valence-corrected chi connectivity index (χ2v) is 5.95. The normalized spacial score (nSPS) is 11.4. The lowest BCUT2D eigenvalue weighted by molar-refractivity contribution is -0.123. The number of carbonyl (C=O) groups is 3. The average Bonchev–Trinajstić information content (AvgIpc) is 2.59. The summed E-state index contributed by atoms with van der Waals surface area (Å²) in [6, 6.07) is 7.50. The second kappa shape index (κ2) is 8.59. The van der Waals surface area contributed by atoms with Crippen LogP contribution in [0.5, 0.6) is 0 Å². The van der Waals surface area contributed by atoms with E-state index >= 15 is 0 Å². The number of amides is 2. The molecule has 2 aromatic rings. The lowest BCUT2D eigenvalue weighted by Gasteiger charge is -2.14. The Balaban J connectivity index is 2.00. The van der Waals surface area contributed by atoms with Crippen LogP contribution in [0.2, 0.25) is 5.02 Å². The molecule has 27 heavy (non-hydrogen) atoms. The number of benzene rings is 2. The Morgan fingerprint density at radius 1 is 1.00 bits per heavy atom. The smallest absolute Gasteiger partial charge is 0.340 e. The van der Waals surface area contributed by atoms with Gasteiger partial charge in [-0.05, 0) is 43.3 Å². The van der Waals surface area contributed by atoms with E-state index in [1.165, 1.54) is 13.8 Å². The highest BCUT2D eigenvalue weighted by atomic mass is 35.5. The number of esters is 1. The molecule has 0 saturated heterocycles. The number of hydrogen-bond donors (Lipinski definition) is 2. The van der Waals surface area contributed by atoms with Crippen molar-refractivity contribution in [2.45, 2.75) is 20.0 Å². The topological polar surface area (TPSA) is 84.5 Å². The number of halogens is 3. The second-order valence-electron chi connectivity index (χ2n) is 5.54. The maximum atomic E-state index is 13.3. The van der Waals surface area contributed by atoms with Gasteiger partial charge in [-0.3, -0.25) is 9.59 Å². The van der Waals surface area contributed by atoms with Gasteiger partial charge in [0.2, 0.25) is 5.91 Å². The van der Waals surface area contributed by atoms with Crippen molar-refractivity contribution in [2.24, 2.45) is 0 Å². The van der Waals surface area contributed by atoms with Crippen LogP contribution < -0.4 is 10.6 Å². The van der Waals surface area contributed by atoms with Gasteiger partial charge < -0.3 is 15.4 Å². The van der Waals surface area contributed by atoms with Crippen molar-refractivity contribution in [3.8, 4) is 0 Å². The van der Waals surface area contributed by atoms with Gasteiger partial charge in [-0.2, -0.15) is 0 Å². The summed E-state index contributed by atoms with van der Waals surface area (Å²) >= 11 is 5.70. The molecule has 2 rings (SSSR count). The fourth-order valence-corrected chi connectivity index (χ4v) is 2.27. The molecule has 0 aliphatic carbocycles. The molecular weight excluding hydrogens is 382 g/mol. The van der Waals surface area contributed by atoms with E-state index in [1.54, 1.807) is 24.3 Å². The summed E-state index contributed by atoms with van der Waals surface area (Å²) in [6.07, 6.45) is -1.23. The van der Waals surface area contributed by atoms with Crippen molar-refractivity contribution < 1.29 is 27.9 Å². The molecule has 142 valence electrons. The molecule has 0 fully saturated rings. The van der Waals surface area contributed by atoms with E-state index in [1.807, 2.05) is 0 Å². The summed E-state index contributed by atoms with van der Waals surface area (Å²) in [5.74, 6) is -4.41. The van der Waals surface area contributed by atoms with Crippen LogP contribution in [0.3, 0.4) is 0 Å². The highest BCUT2D eigenvalue weighted by Gasteiger charge is 2.22. The molecule has 0 radical (unpaired) electrons. The zero-order valence-corrected chi connectivity index (χ0v) is 15.1. The van der Waals surface area contributed by atoms with Crippen LogP contribution in [0.4, 0.5) is 20.2 Å². The highest BCUT2D eigenvalue weighted by Crippen LogP contribution is 2.21. The standard InChI is InChI=1S/C18H15ClF2N2O4/c1-9(27-18(26)13-7-15(20)16(21)8-14(13)19)17(25)23-12-5-3-11(4-6-12)22-10(2)24/h3-9H,1-2H3,(H,22,24)(H,23,25)/t9-/m0/s1. The van der Waals surface area contributed by atoms with Crippen LogP contribution >= 0.6 is 11.6 Å². The molecule has 0 saturated carbocycles. The maximum Gasteiger partial charge on any atom is 0.340 e. The predicted molar refractivity (Wildman–Crippen MR) is 95.6 cm³/mol. The lowest BCUT2D eigenvalue weighted by Crippen LogP contribution is -2.30. The maximum absolute atomic E-state index is 13.3. The highest BCUT2D eigenvalue weighted by molar-refractivity contribution is 6.33. The number of nitrogens with one attached hydrogen (secondary N) is 2. The molecule has 2 amide bonds. The number of hydrogen-bond acceptors (Lipinski definition) is 4. The lowest BCUT2D eigenvalue weighted by atomic mass is 10.2. The van der Waals surface area contributed by atoms with Gasteiger partial charge in [0.25, 0.3) is 5.91 Å². The first-order valence-corrected chi connectivity index (χ1v) is 8.09. The van der Waals surface area contributed by atoms with E-state index in [-0.39, 0.29) is 10.9 Å². The number of ether oxygens (including phenoxy) is 1. The summed E-state index contributed by atoms with van der Waals surface area (Å²) in [5, 5.41) is 4.76. The van der Waals surface area contributed by atoms with Crippen molar-refractivity contribution in [2.75, 3.05) is 10.6 Å². The van der Waals surface area contributed by atoms with Gasteiger partial charge in [-0.1, -0.05) is 11.6 Å². The minimum atomic E-state index is -1.26. The Morgan fingerprint density at radius 3 is 2.07 bits per heavy atom. The molecule has 1 atom stereocenters. The molecule has 9 heteroatoms. The van der Waals surface area contributed by atoms with Crippen molar-refractivity contribution in [3.05, 3.63) is 58.6 Å². The molecule has 0 aliphatic rings. The van der Waals surface area contributed by atoms with Gasteiger partial charge in [-0.15, -0.1) is 0 Å². The van der Waals surface area contributed by atoms with Crippen molar-refractivity contribution in [3.63, 3.8) is 0 Å². The number of rotatable bonds is 5. The van der Waals surface area contributed by atoms with Gasteiger partial charge in [0.05, 0.1) is 10.6 Å². The fraction of sp³-hybridized carbons (Fsp3) is 0.167. The molecule has 0 spiro atoms. The van der Waals surface area contributed by atoms with Crippen molar-refractivity contribution in [1.29, 1.82) is 0 Å². The monoisotopic (exact) mass is 396 g/mol. The molecule has 2 N–H and O–H groups in total. The third-order valence-corrected chi connectivity index (χ3v) is 3.67. The number of anilines is 2. The Kier molecular flexibility index (Phi) is 6.46. The van der Waals surface area contributed by atoms with E-state index in [0.29, 0.717) is 23.5 Å². The largest absolute Gasteiger partial charge is 0.449 e. The Morgan fingerprint density at radius 2 is 1.52 bits per heavy atom. The first-order chi connectivity index (χ1) is 12.7. The van der Waals surface area contributed by atoms with Gasteiger partial charge in [-0.25, -0.2) is 13.6 Å². The van der Waals surface area contributed by atoms with Gasteiger partial charge in [0, 0.05) is 18.3 Å². The third kappa shape index (κ3) is 5.49. The zero-order chi connectivity index (χ0) is 20.1. The summed E-state index contributed by atoms with van der Waals surface area (Å²) < 4.78 is 31.3. The molecule has 0 bridgehead atoms. The SMILES string of the molecule is CC(=O)Nc1ccc(NC(=O)[C@H](C)OC(=O)c2cc(F)c(F)cc2Cl)cc1. The van der Waals surface area contributed by atoms with Gasteiger partial charge in [0.1, 0.15) is 0 Å². The van der Waals surface area contributed by atoms with Crippen LogP contribution in [0.25, 0.3) is 0 Å². The molecule has 0 aromatic heterocycles. The molecule has 0 heterocycles. The van der Waals surface area contributed by atoms with Crippen LogP contribution in [0.15, 0.2) is 36.4 Å². The Bertz CT molecular complexity index is 888. The first kappa shape index (κ1) is 20.3. The van der Waals surface area contributed by atoms with Crippen molar-refractivity contribution >= 4 is 40.8 Å². The number of carbonyl (C=O) groups excluding carboxylic acids is 3.